The summed E-state index contributed by atoms with van der Waals surface area (Å²) in [5, 5.41) is 0. The van der Waals surface area contributed by atoms with E-state index in [1.54, 1.807) is 0 Å². The minimum Gasteiger partial charge on any atom is -0.0996 e. The van der Waals surface area contributed by atoms with Crippen molar-refractivity contribution in [3.05, 3.63) is 59.2 Å². The summed E-state index contributed by atoms with van der Waals surface area (Å²) in [5.74, 6) is 1.25. The molecule has 0 aliphatic carbocycles. The molecule has 0 saturated carbocycles. The minimum absolute atomic E-state index is 0.611. The van der Waals surface area contributed by atoms with Crippen LogP contribution in [0, 0.1) is 12.8 Å². The van der Waals surface area contributed by atoms with Gasteiger partial charge < -0.3 is 0 Å². The van der Waals surface area contributed by atoms with Crippen molar-refractivity contribution in [2.75, 3.05) is 0 Å². The van der Waals surface area contributed by atoms with Crippen molar-refractivity contribution in [1.82, 2.24) is 0 Å². The average molecular weight is 284 g/mol. The first-order valence-electron chi connectivity index (χ1n) is 8.30. The van der Waals surface area contributed by atoms with Gasteiger partial charge in [-0.2, -0.15) is 0 Å². The molecule has 21 heavy (non-hydrogen) atoms. The van der Waals surface area contributed by atoms with Gasteiger partial charge in [0.15, 0.2) is 0 Å². The summed E-state index contributed by atoms with van der Waals surface area (Å²) in [6.45, 7) is 15.3. The lowest BCUT2D eigenvalue weighted by Crippen LogP contribution is -1.94. The fraction of sp³-hybridized carbons (Fsp3) is 0.524. The number of hydrogen-bond acceptors (Lipinski definition) is 0. The first-order chi connectivity index (χ1) is 9.90. The summed E-state index contributed by atoms with van der Waals surface area (Å²) in [6.07, 6.45) is 7.11. The van der Waals surface area contributed by atoms with Gasteiger partial charge in [0.25, 0.3) is 0 Å². The maximum absolute atomic E-state index is 4.15. The van der Waals surface area contributed by atoms with Gasteiger partial charge in [0.1, 0.15) is 0 Å². The van der Waals surface area contributed by atoms with E-state index in [9.17, 15) is 0 Å². The monoisotopic (exact) mass is 284 g/mol. The van der Waals surface area contributed by atoms with E-state index >= 15 is 0 Å². The molecule has 0 nitrogen and oxygen atoms in total. The van der Waals surface area contributed by atoms with Gasteiger partial charge >= 0.3 is 0 Å². The van der Waals surface area contributed by atoms with Crippen molar-refractivity contribution in [3.8, 4) is 0 Å². The lowest BCUT2D eigenvalue weighted by Gasteiger charge is -2.12. The van der Waals surface area contributed by atoms with Gasteiger partial charge in [0.2, 0.25) is 0 Å². The molecule has 0 fully saturated rings. The van der Waals surface area contributed by atoms with Crippen LogP contribution in [0.25, 0.3) is 0 Å². The Kier molecular flexibility index (Phi) is 7.50. The molecule has 1 rings (SSSR count). The summed E-state index contributed by atoms with van der Waals surface area (Å²) in [4.78, 5) is 0. The average Bonchev–Trinajstić information content (AvgIpc) is 2.45. The molecule has 116 valence electrons. The smallest absolute Gasteiger partial charge is 0.0187 e. The van der Waals surface area contributed by atoms with Crippen LogP contribution >= 0.6 is 0 Å². The summed E-state index contributed by atoms with van der Waals surface area (Å²) in [5.41, 5.74) is 5.68. The molecule has 0 amide bonds. The van der Waals surface area contributed by atoms with Gasteiger partial charge in [-0.3, -0.25) is 0 Å². The molecule has 1 aromatic carbocycles. The predicted molar refractivity (Wildman–Crippen MR) is 95.8 cm³/mol. The third-order valence-corrected chi connectivity index (χ3v) is 4.40. The molecule has 0 N–H and O–H groups in total. The van der Waals surface area contributed by atoms with Crippen LogP contribution < -0.4 is 0 Å². The first kappa shape index (κ1) is 17.8. The van der Waals surface area contributed by atoms with Crippen LogP contribution in [0.5, 0.6) is 0 Å². The molecule has 0 heterocycles. The summed E-state index contributed by atoms with van der Waals surface area (Å²) >= 11 is 0. The van der Waals surface area contributed by atoms with Crippen LogP contribution in [0.1, 0.15) is 70.4 Å². The molecule has 0 aromatic heterocycles. The van der Waals surface area contributed by atoms with Crippen molar-refractivity contribution >= 4 is 0 Å². The largest absolute Gasteiger partial charge is 0.0996 e. The third-order valence-electron chi connectivity index (χ3n) is 4.40. The molecule has 0 saturated heterocycles. The topological polar surface area (TPSA) is 0 Å². The Labute approximate surface area is 132 Å². The Bertz CT molecular complexity index is 459. The number of aryl methyl sites for hydroxylation is 1. The molecular weight excluding hydrogens is 252 g/mol. The van der Waals surface area contributed by atoms with E-state index in [0.29, 0.717) is 11.8 Å². The van der Waals surface area contributed by atoms with Crippen molar-refractivity contribution in [2.45, 2.75) is 66.2 Å². The molecule has 0 heteroatoms. The summed E-state index contributed by atoms with van der Waals surface area (Å²) in [6, 6.07) is 8.96. The number of allylic oxidation sites excluding steroid dienone is 3. The van der Waals surface area contributed by atoms with Crippen LogP contribution in [0.3, 0.4) is 0 Å². The molecule has 0 spiro atoms. The van der Waals surface area contributed by atoms with Crippen molar-refractivity contribution in [1.29, 1.82) is 0 Å². The Hall–Kier alpha value is -1.30. The second kappa shape index (κ2) is 8.87. The molecule has 0 aliphatic heterocycles. The van der Waals surface area contributed by atoms with Gasteiger partial charge in [-0.25, -0.2) is 0 Å². The maximum atomic E-state index is 4.15. The minimum atomic E-state index is 0.611. The highest BCUT2D eigenvalue weighted by Gasteiger charge is 2.04. The fourth-order valence-electron chi connectivity index (χ4n) is 2.39. The van der Waals surface area contributed by atoms with E-state index in [-0.39, 0.29) is 0 Å². The van der Waals surface area contributed by atoms with Crippen molar-refractivity contribution in [3.63, 3.8) is 0 Å². The normalized spacial score (nSPS) is 13.5. The molecular formula is C21H32. The predicted octanol–water partition coefficient (Wildman–Crippen LogP) is 6.82. The van der Waals surface area contributed by atoms with Gasteiger partial charge in [-0.05, 0) is 56.9 Å². The van der Waals surface area contributed by atoms with E-state index in [1.807, 2.05) is 0 Å². The van der Waals surface area contributed by atoms with Crippen molar-refractivity contribution < 1.29 is 0 Å². The van der Waals surface area contributed by atoms with Crippen molar-refractivity contribution in [2.24, 2.45) is 5.92 Å². The van der Waals surface area contributed by atoms with Crippen LogP contribution in [0.4, 0.5) is 0 Å². The fourth-order valence-corrected chi connectivity index (χ4v) is 2.39. The quantitative estimate of drug-likeness (QED) is 0.459. The molecule has 0 bridgehead atoms. The Morgan fingerprint density at radius 3 is 2.29 bits per heavy atom. The van der Waals surface area contributed by atoms with Gasteiger partial charge in [-0.1, -0.05) is 74.4 Å². The first-order valence-corrected chi connectivity index (χ1v) is 8.30. The highest BCUT2D eigenvalue weighted by atomic mass is 14.1. The molecule has 0 radical (unpaired) electrons. The molecule has 1 unspecified atom stereocenters. The molecule has 1 atom stereocenters. The lowest BCUT2D eigenvalue weighted by atomic mass is 9.94. The van der Waals surface area contributed by atoms with E-state index in [2.05, 4.69) is 71.5 Å². The number of rotatable bonds is 8. The Morgan fingerprint density at radius 2 is 1.71 bits per heavy atom. The van der Waals surface area contributed by atoms with E-state index in [0.717, 1.165) is 12.8 Å². The van der Waals surface area contributed by atoms with E-state index < -0.39 is 0 Å². The van der Waals surface area contributed by atoms with E-state index in [1.165, 1.54) is 35.1 Å². The maximum Gasteiger partial charge on any atom is -0.0187 e. The second-order valence-electron chi connectivity index (χ2n) is 6.75. The zero-order valence-corrected chi connectivity index (χ0v) is 14.6. The van der Waals surface area contributed by atoms with Gasteiger partial charge in [-0.15, -0.1) is 0 Å². The number of hydrogen-bond donors (Lipinski definition) is 0. The summed E-state index contributed by atoms with van der Waals surface area (Å²) in [7, 11) is 0. The second-order valence-corrected chi connectivity index (χ2v) is 6.75. The third kappa shape index (κ3) is 6.80. The van der Waals surface area contributed by atoms with Gasteiger partial charge in [0, 0.05) is 0 Å². The van der Waals surface area contributed by atoms with E-state index in [4.69, 9.17) is 0 Å². The lowest BCUT2D eigenvalue weighted by molar-refractivity contribution is 0.683. The highest BCUT2D eigenvalue weighted by molar-refractivity contribution is 5.24. The highest BCUT2D eigenvalue weighted by Crippen LogP contribution is 2.22. The van der Waals surface area contributed by atoms with Crippen LogP contribution in [-0.2, 0) is 0 Å². The number of benzene rings is 1. The van der Waals surface area contributed by atoms with Crippen LogP contribution in [0.2, 0.25) is 0 Å². The van der Waals surface area contributed by atoms with Gasteiger partial charge in [0.05, 0.1) is 0 Å². The molecule has 1 aromatic rings. The zero-order chi connectivity index (χ0) is 15.8. The van der Waals surface area contributed by atoms with Crippen LogP contribution in [-0.4, -0.2) is 0 Å². The summed E-state index contributed by atoms with van der Waals surface area (Å²) < 4.78 is 0. The Morgan fingerprint density at radius 1 is 1.10 bits per heavy atom. The zero-order valence-electron chi connectivity index (χ0n) is 14.6. The van der Waals surface area contributed by atoms with Crippen LogP contribution in [0.15, 0.2) is 48.1 Å². The molecule has 0 aliphatic rings. The standard InChI is InChI=1S/C21H32/c1-16(2)19(5)13-10-17(3)8-7-9-20(6)21-14-11-18(4)12-15-21/h8,11-12,14-16,20H,5,7,9-10,13H2,1-4,6H3/b17-8+. The SMILES string of the molecule is C=C(CC/C(C)=C/CCC(C)c1ccc(C)cc1)C(C)C. The Balaban J connectivity index is 2.35.